The summed E-state index contributed by atoms with van der Waals surface area (Å²) in [5, 5.41) is 0. The number of furan rings is 1. The van der Waals surface area contributed by atoms with Crippen LogP contribution in [0.25, 0.3) is 11.3 Å². The zero-order valence-corrected chi connectivity index (χ0v) is 12.3. The predicted molar refractivity (Wildman–Crippen MR) is 75.1 cm³/mol. The molecule has 0 aliphatic rings. The minimum Gasteiger partial charge on any atom is -0.453 e. The summed E-state index contributed by atoms with van der Waals surface area (Å²) in [6.45, 7) is 1.74. The summed E-state index contributed by atoms with van der Waals surface area (Å²) < 4.78 is 30.9. The molecule has 1 aromatic carbocycles. The van der Waals surface area contributed by atoms with E-state index in [0.717, 1.165) is 4.31 Å². The Bertz CT molecular complexity index is 744. The summed E-state index contributed by atoms with van der Waals surface area (Å²) in [5.74, 6) is 0.667. The van der Waals surface area contributed by atoms with Crippen molar-refractivity contribution in [1.82, 2.24) is 4.31 Å². The minimum atomic E-state index is -3.51. The molecule has 0 aliphatic carbocycles. The smallest absolute Gasteiger partial charge is 0.242 e. The third-order valence-electron chi connectivity index (χ3n) is 2.97. The zero-order valence-electron chi connectivity index (χ0n) is 11.5. The van der Waals surface area contributed by atoms with Crippen molar-refractivity contribution >= 4 is 16.3 Å². The first kappa shape index (κ1) is 14.5. The molecule has 0 atom stereocenters. The van der Waals surface area contributed by atoms with Crippen LogP contribution in [0.4, 0.5) is 0 Å². The molecule has 1 aromatic heterocycles. The molecule has 0 radical (unpaired) electrons. The Morgan fingerprint density at radius 2 is 1.85 bits per heavy atom. The molecular weight excluding hydrogens is 278 g/mol. The minimum absolute atomic E-state index is 0.206. The van der Waals surface area contributed by atoms with Crippen LogP contribution in [-0.2, 0) is 10.0 Å². The van der Waals surface area contributed by atoms with E-state index >= 15 is 0 Å². The van der Waals surface area contributed by atoms with E-state index in [1.807, 2.05) is 0 Å². The molecule has 6 heteroatoms. The lowest BCUT2D eigenvalue weighted by Gasteiger charge is -2.14. The lowest BCUT2D eigenvalue weighted by molar-refractivity contribution is 0.110. The molecule has 1 heterocycles. The lowest BCUT2D eigenvalue weighted by atomic mass is 10.1. The lowest BCUT2D eigenvalue weighted by Crippen LogP contribution is -2.23. The first-order valence-electron chi connectivity index (χ1n) is 5.95. The van der Waals surface area contributed by atoms with Gasteiger partial charge in [-0.2, -0.15) is 0 Å². The fourth-order valence-electron chi connectivity index (χ4n) is 1.80. The molecule has 0 N–H and O–H groups in total. The number of benzene rings is 1. The molecule has 0 saturated carbocycles. The van der Waals surface area contributed by atoms with Crippen molar-refractivity contribution in [3.63, 3.8) is 0 Å². The van der Waals surface area contributed by atoms with Crippen LogP contribution in [0.15, 0.2) is 39.6 Å². The number of aryl methyl sites for hydroxylation is 1. The number of sulfonamides is 1. The van der Waals surface area contributed by atoms with E-state index in [0.29, 0.717) is 23.2 Å². The van der Waals surface area contributed by atoms with Crippen LogP contribution in [0.2, 0.25) is 0 Å². The zero-order chi connectivity index (χ0) is 14.9. The van der Waals surface area contributed by atoms with Gasteiger partial charge in [-0.05, 0) is 30.7 Å². The molecule has 106 valence electrons. The Balaban J connectivity index is 2.57. The van der Waals surface area contributed by atoms with E-state index in [2.05, 4.69) is 0 Å². The molecule has 5 nitrogen and oxygen atoms in total. The first-order chi connectivity index (χ1) is 9.36. The van der Waals surface area contributed by atoms with Crippen molar-refractivity contribution in [2.24, 2.45) is 0 Å². The highest BCUT2D eigenvalue weighted by atomic mass is 32.2. The molecule has 0 amide bonds. The molecule has 0 aliphatic heterocycles. The summed E-state index contributed by atoms with van der Waals surface area (Å²) >= 11 is 0. The highest BCUT2D eigenvalue weighted by Crippen LogP contribution is 2.27. The van der Waals surface area contributed by atoms with Gasteiger partial charge in [-0.25, -0.2) is 12.7 Å². The SMILES string of the molecule is Cc1ccc(-c2ccc(C=O)o2)cc1S(=O)(=O)N(C)C. The van der Waals surface area contributed by atoms with Crippen LogP contribution in [0.3, 0.4) is 0 Å². The molecule has 0 unspecified atom stereocenters. The van der Waals surface area contributed by atoms with Crippen LogP contribution in [0.1, 0.15) is 16.1 Å². The molecule has 20 heavy (non-hydrogen) atoms. The normalized spacial score (nSPS) is 11.8. The molecule has 0 saturated heterocycles. The predicted octanol–water partition coefficient (Wildman–Crippen LogP) is 2.32. The Hall–Kier alpha value is -1.92. The third-order valence-corrected chi connectivity index (χ3v) is 4.93. The first-order valence-corrected chi connectivity index (χ1v) is 7.39. The Kier molecular flexibility index (Phi) is 3.78. The molecule has 0 bridgehead atoms. The van der Waals surface area contributed by atoms with E-state index in [1.165, 1.54) is 14.1 Å². The van der Waals surface area contributed by atoms with Gasteiger partial charge in [0.25, 0.3) is 0 Å². The van der Waals surface area contributed by atoms with E-state index < -0.39 is 10.0 Å². The van der Waals surface area contributed by atoms with Crippen molar-refractivity contribution in [1.29, 1.82) is 0 Å². The van der Waals surface area contributed by atoms with E-state index in [1.54, 1.807) is 37.3 Å². The number of nitrogens with zero attached hydrogens (tertiary/aromatic N) is 1. The van der Waals surface area contributed by atoms with Gasteiger partial charge in [0.1, 0.15) is 5.76 Å². The summed E-state index contributed by atoms with van der Waals surface area (Å²) in [6, 6.07) is 8.22. The van der Waals surface area contributed by atoms with Crippen LogP contribution < -0.4 is 0 Å². The van der Waals surface area contributed by atoms with Crippen LogP contribution in [0, 0.1) is 6.92 Å². The maximum Gasteiger partial charge on any atom is 0.242 e. The summed E-state index contributed by atoms with van der Waals surface area (Å²) in [6.07, 6.45) is 0.606. The fraction of sp³-hybridized carbons (Fsp3) is 0.214. The van der Waals surface area contributed by atoms with Crippen LogP contribution >= 0.6 is 0 Å². The Morgan fingerprint density at radius 3 is 2.40 bits per heavy atom. The second kappa shape index (κ2) is 5.22. The highest BCUT2D eigenvalue weighted by molar-refractivity contribution is 7.89. The molecule has 2 aromatic rings. The van der Waals surface area contributed by atoms with Crippen molar-refractivity contribution in [3.05, 3.63) is 41.7 Å². The standard InChI is InChI=1S/C14H15NO4S/c1-10-4-5-11(13-7-6-12(9-16)19-13)8-14(10)20(17,18)15(2)3/h4-9H,1-3H3. The fourth-order valence-corrected chi connectivity index (χ4v) is 2.94. The van der Waals surface area contributed by atoms with Gasteiger partial charge in [-0.1, -0.05) is 12.1 Å². The summed E-state index contributed by atoms with van der Waals surface area (Å²) in [7, 11) is -0.545. The number of aldehydes is 1. The number of rotatable bonds is 4. The van der Waals surface area contributed by atoms with Crippen molar-refractivity contribution in [3.8, 4) is 11.3 Å². The molecular formula is C14H15NO4S. The number of carbonyl (C=O) groups excluding carboxylic acids is 1. The van der Waals surface area contributed by atoms with Crippen LogP contribution in [0.5, 0.6) is 0 Å². The van der Waals surface area contributed by atoms with E-state index in [9.17, 15) is 13.2 Å². The van der Waals surface area contributed by atoms with Gasteiger partial charge in [0.05, 0.1) is 4.90 Å². The average Bonchev–Trinajstić information content (AvgIpc) is 2.87. The molecule has 0 fully saturated rings. The van der Waals surface area contributed by atoms with Gasteiger partial charge in [-0.15, -0.1) is 0 Å². The monoisotopic (exact) mass is 293 g/mol. The van der Waals surface area contributed by atoms with Crippen molar-refractivity contribution in [2.45, 2.75) is 11.8 Å². The van der Waals surface area contributed by atoms with E-state index in [-0.39, 0.29) is 10.7 Å². The number of carbonyl (C=O) groups is 1. The van der Waals surface area contributed by atoms with Crippen molar-refractivity contribution in [2.75, 3.05) is 14.1 Å². The van der Waals surface area contributed by atoms with Gasteiger partial charge in [-0.3, -0.25) is 4.79 Å². The molecule has 0 spiro atoms. The summed E-state index contributed by atoms with van der Waals surface area (Å²) in [4.78, 5) is 10.9. The van der Waals surface area contributed by atoms with Crippen molar-refractivity contribution < 1.29 is 17.6 Å². The second-order valence-corrected chi connectivity index (χ2v) is 6.71. The second-order valence-electron chi connectivity index (χ2n) is 4.59. The Morgan fingerprint density at radius 1 is 1.15 bits per heavy atom. The third kappa shape index (κ3) is 2.52. The van der Waals surface area contributed by atoms with Gasteiger partial charge in [0.2, 0.25) is 10.0 Å². The number of hydrogen-bond donors (Lipinski definition) is 0. The largest absolute Gasteiger partial charge is 0.453 e. The maximum absolute atomic E-state index is 12.2. The average molecular weight is 293 g/mol. The molecule has 2 rings (SSSR count). The quantitative estimate of drug-likeness (QED) is 0.811. The van der Waals surface area contributed by atoms with Gasteiger partial charge in [0.15, 0.2) is 12.0 Å². The Labute approximate surface area is 117 Å². The number of hydrogen-bond acceptors (Lipinski definition) is 4. The highest BCUT2D eigenvalue weighted by Gasteiger charge is 2.20. The van der Waals surface area contributed by atoms with Gasteiger partial charge in [0, 0.05) is 19.7 Å². The van der Waals surface area contributed by atoms with Gasteiger partial charge < -0.3 is 4.42 Å². The van der Waals surface area contributed by atoms with E-state index in [4.69, 9.17) is 4.42 Å². The van der Waals surface area contributed by atoms with Crippen LogP contribution in [-0.4, -0.2) is 33.1 Å². The van der Waals surface area contributed by atoms with Gasteiger partial charge >= 0.3 is 0 Å². The topological polar surface area (TPSA) is 67.6 Å². The summed E-state index contributed by atoms with van der Waals surface area (Å²) in [5.41, 5.74) is 1.27. The maximum atomic E-state index is 12.2.